The molecule has 0 bridgehead atoms. The molecule has 0 atom stereocenters. The van der Waals surface area contributed by atoms with Crippen LogP contribution in [-0.2, 0) is 14.8 Å². The zero-order valence-corrected chi connectivity index (χ0v) is 15.2. The maximum absolute atomic E-state index is 12.9. The molecule has 0 aliphatic rings. The first-order valence-electron chi connectivity index (χ1n) is 8.17. The van der Waals surface area contributed by atoms with Crippen molar-refractivity contribution in [1.82, 2.24) is 5.32 Å². The van der Waals surface area contributed by atoms with E-state index >= 15 is 0 Å². The third kappa shape index (κ3) is 5.82. The van der Waals surface area contributed by atoms with E-state index in [0.717, 1.165) is 18.6 Å². The minimum absolute atomic E-state index is 0.0463. The van der Waals surface area contributed by atoms with Gasteiger partial charge in [0.25, 0.3) is 15.9 Å². The van der Waals surface area contributed by atoms with Gasteiger partial charge in [0.05, 0.1) is 4.90 Å². The van der Waals surface area contributed by atoms with Gasteiger partial charge in [0.1, 0.15) is 5.82 Å². The van der Waals surface area contributed by atoms with E-state index in [1.807, 2.05) is 6.92 Å². The highest BCUT2D eigenvalue weighted by molar-refractivity contribution is 7.92. The second-order valence-electron chi connectivity index (χ2n) is 5.44. The van der Waals surface area contributed by atoms with E-state index in [2.05, 4.69) is 10.0 Å². The van der Waals surface area contributed by atoms with E-state index in [0.29, 0.717) is 31.0 Å². The summed E-state index contributed by atoms with van der Waals surface area (Å²) in [6, 6.07) is 10.6. The molecule has 2 N–H and O–H groups in total. The quantitative estimate of drug-likeness (QED) is 0.655. The molecule has 1 amide bonds. The summed E-state index contributed by atoms with van der Waals surface area (Å²) in [6.45, 7) is 3.63. The molecule has 0 radical (unpaired) electrons. The van der Waals surface area contributed by atoms with Crippen LogP contribution >= 0.6 is 0 Å². The van der Waals surface area contributed by atoms with Crippen LogP contribution < -0.4 is 10.0 Å². The molecule has 0 fully saturated rings. The molecule has 0 heterocycles. The third-order valence-corrected chi connectivity index (χ3v) is 4.88. The first-order chi connectivity index (χ1) is 12.4. The average Bonchev–Trinajstić information content (AvgIpc) is 2.62. The molecule has 0 spiro atoms. The molecule has 140 valence electrons. The molecule has 2 aromatic rings. The fourth-order valence-electron chi connectivity index (χ4n) is 2.14. The van der Waals surface area contributed by atoms with E-state index < -0.39 is 15.8 Å². The first-order valence-corrected chi connectivity index (χ1v) is 9.65. The topological polar surface area (TPSA) is 84.5 Å². The number of ether oxygens (including phenoxy) is 1. The number of carbonyl (C=O) groups excluding carboxylic acids is 1. The summed E-state index contributed by atoms with van der Waals surface area (Å²) in [5.74, 6) is -0.755. The zero-order chi connectivity index (χ0) is 19.0. The molecule has 2 aromatic carbocycles. The molecule has 26 heavy (non-hydrogen) atoms. The Morgan fingerprint density at radius 2 is 1.73 bits per heavy atom. The van der Waals surface area contributed by atoms with E-state index in [1.54, 1.807) is 0 Å². The normalized spacial score (nSPS) is 11.2. The van der Waals surface area contributed by atoms with Crippen LogP contribution in [0, 0.1) is 5.82 Å². The number of hydrogen-bond donors (Lipinski definition) is 2. The summed E-state index contributed by atoms with van der Waals surface area (Å²) >= 11 is 0. The molecule has 0 saturated heterocycles. The highest BCUT2D eigenvalue weighted by Crippen LogP contribution is 2.17. The smallest absolute Gasteiger partial charge is 0.261 e. The molecule has 2 rings (SSSR count). The van der Waals surface area contributed by atoms with Crippen LogP contribution in [0.25, 0.3) is 0 Å². The van der Waals surface area contributed by atoms with Crippen LogP contribution in [0.4, 0.5) is 10.1 Å². The lowest BCUT2D eigenvalue weighted by atomic mass is 10.2. The fraction of sp³-hybridized carbons (Fsp3) is 0.278. The predicted molar refractivity (Wildman–Crippen MR) is 97.1 cm³/mol. The molecular weight excluding hydrogens is 359 g/mol. The fourth-order valence-corrected chi connectivity index (χ4v) is 3.20. The molecule has 0 saturated carbocycles. The monoisotopic (exact) mass is 380 g/mol. The number of nitrogens with one attached hydrogen (secondary N) is 2. The number of anilines is 1. The van der Waals surface area contributed by atoms with Crippen LogP contribution in [0.5, 0.6) is 0 Å². The standard InChI is InChI=1S/C18H21FN2O4S/c1-2-25-13-3-12-20-18(22)14-4-8-16(9-5-14)21-26(23,24)17-10-6-15(19)7-11-17/h4-11,21H,2-3,12-13H2,1H3,(H,20,22). The van der Waals surface area contributed by atoms with Gasteiger partial charge in [-0.15, -0.1) is 0 Å². The van der Waals surface area contributed by atoms with Gasteiger partial charge in [-0.05, 0) is 61.9 Å². The number of hydrogen-bond acceptors (Lipinski definition) is 4. The molecule has 0 aliphatic heterocycles. The van der Waals surface area contributed by atoms with Gasteiger partial charge < -0.3 is 10.1 Å². The SMILES string of the molecule is CCOCCCNC(=O)c1ccc(NS(=O)(=O)c2ccc(F)cc2)cc1. The molecule has 0 unspecified atom stereocenters. The lowest BCUT2D eigenvalue weighted by Gasteiger charge is -2.09. The maximum Gasteiger partial charge on any atom is 0.261 e. The second-order valence-corrected chi connectivity index (χ2v) is 7.13. The van der Waals surface area contributed by atoms with Crippen molar-refractivity contribution in [3.63, 3.8) is 0 Å². The number of sulfonamides is 1. The summed E-state index contributed by atoms with van der Waals surface area (Å²) in [7, 11) is -3.82. The van der Waals surface area contributed by atoms with Gasteiger partial charge in [0, 0.05) is 31.0 Å². The largest absolute Gasteiger partial charge is 0.382 e. The Morgan fingerprint density at radius 3 is 2.35 bits per heavy atom. The van der Waals surface area contributed by atoms with Crippen molar-refractivity contribution in [2.75, 3.05) is 24.5 Å². The average molecular weight is 380 g/mol. The van der Waals surface area contributed by atoms with Crippen molar-refractivity contribution in [2.24, 2.45) is 0 Å². The highest BCUT2D eigenvalue weighted by Gasteiger charge is 2.14. The van der Waals surface area contributed by atoms with Gasteiger partial charge in [-0.25, -0.2) is 12.8 Å². The summed E-state index contributed by atoms with van der Waals surface area (Å²) in [5, 5.41) is 2.76. The summed E-state index contributed by atoms with van der Waals surface area (Å²) < 4.78 is 45.0. The van der Waals surface area contributed by atoms with Gasteiger partial charge in [-0.2, -0.15) is 0 Å². The molecular formula is C18H21FN2O4S. The summed E-state index contributed by atoms with van der Waals surface area (Å²) in [4.78, 5) is 12.0. The Bertz CT molecular complexity index is 821. The van der Waals surface area contributed by atoms with Crippen LogP contribution in [0.3, 0.4) is 0 Å². The molecule has 0 aromatic heterocycles. The Kier molecular flexibility index (Phi) is 7.11. The van der Waals surface area contributed by atoms with E-state index in [9.17, 15) is 17.6 Å². The van der Waals surface area contributed by atoms with Gasteiger partial charge >= 0.3 is 0 Å². The number of carbonyl (C=O) groups is 1. The number of benzene rings is 2. The van der Waals surface area contributed by atoms with Crippen LogP contribution in [0.15, 0.2) is 53.4 Å². The minimum Gasteiger partial charge on any atom is -0.382 e. The van der Waals surface area contributed by atoms with E-state index in [1.165, 1.54) is 36.4 Å². The van der Waals surface area contributed by atoms with Crippen LogP contribution in [0.2, 0.25) is 0 Å². The Morgan fingerprint density at radius 1 is 1.08 bits per heavy atom. The van der Waals surface area contributed by atoms with E-state index in [-0.39, 0.29) is 10.8 Å². The van der Waals surface area contributed by atoms with Crippen molar-refractivity contribution in [2.45, 2.75) is 18.2 Å². The third-order valence-electron chi connectivity index (χ3n) is 3.48. The number of halogens is 1. The molecule has 8 heteroatoms. The minimum atomic E-state index is -3.82. The lowest BCUT2D eigenvalue weighted by Crippen LogP contribution is -2.25. The number of amides is 1. The van der Waals surface area contributed by atoms with Crippen molar-refractivity contribution in [3.05, 3.63) is 59.9 Å². The molecule has 6 nitrogen and oxygen atoms in total. The second kappa shape index (κ2) is 9.30. The zero-order valence-electron chi connectivity index (χ0n) is 14.4. The van der Waals surface area contributed by atoms with Crippen molar-refractivity contribution >= 4 is 21.6 Å². The van der Waals surface area contributed by atoms with Gasteiger partial charge in [0.2, 0.25) is 0 Å². The summed E-state index contributed by atoms with van der Waals surface area (Å²) in [6.07, 6.45) is 0.717. The van der Waals surface area contributed by atoms with Crippen LogP contribution in [-0.4, -0.2) is 34.1 Å². The maximum atomic E-state index is 12.9. The number of rotatable bonds is 9. The lowest BCUT2D eigenvalue weighted by molar-refractivity contribution is 0.0944. The van der Waals surface area contributed by atoms with Crippen molar-refractivity contribution < 1.29 is 22.3 Å². The van der Waals surface area contributed by atoms with Crippen LogP contribution in [0.1, 0.15) is 23.7 Å². The van der Waals surface area contributed by atoms with E-state index in [4.69, 9.17) is 4.74 Å². The highest BCUT2D eigenvalue weighted by atomic mass is 32.2. The van der Waals surface area contributed by atoms with Crippen molar-refractivity contribution in [1.29, 1.82) is 0 Å². The van der Waals surface area contributed by atoms with Gasteiger partial charge in [-0.1, -0.05) is 0 Å². The van der Waals surface area contributed by atoms with Gasteiger partial charge in [0.15, 0.2) is 0 Å². The first kappa shape index (κ1) is 19.9. The predicted octanol–water partition coefficient (Wildman–Crippen LogP) is 2.78. The summed E-state index contributed by atoms with van der Waals surface area (Å²) in [5.41, 5.74) is 0.730. The molecule has 0 aliphatic carbocycles. The Labute approximate surface area is 152 Å². The Balaban J connectivity index is 1.94. The van der Waals surface area contributed by atoms with Gasteiger partial charge in [-0.3, -0.25) is 9.52 Å². The van der Waals surface area contributed by atoms with Crippen molar-refractivity contribution in [3.8, 4) is 0 Å². The Hall–Kier alpha value is -2.45.